The first-order valence-corrected chi connectivity index (χ1v) is 5.23. The zero-order valence-corrected chi connectivity index (χ0v) is 8.98. The SMILES string of the molecule is CCCCOC(=O)[C@H](N)c1ccccc1. The molecule has 0 aliphatic carbocycles. The maximum atomic E-state index is 11.5. The molecule has 0 bridgehead atoms. The number of carbonyl (C=O) groups excluding carboxylic acids is 1. The normalized spacial score (nSPS) is 12.1. The minimum Gasteiger partial charge on any atom is -0.464 e. The van der Waals surface area contributed by atoms with Crippen LogP contribution >= 0.6 is 0 Å². The van der Waals surface area contributed by atoms with Crippen LogP contribution in [-0.4, -0.2) is 12.6 Å². The van der Waals surface area contributed by atoms with E-state index >= 15 is 0 Å². The van der Waals surface area contributed by atoms with E-state index in [9.17, 15) is 4.79 Å². The minimum absolute atomic E-state index is 0.352. The molecule has 0 unspecified atom stereocenters. The van der Waals surface area contributed by atoms with Crippen LogP contribution in [0.2, 0.25) is 0 Å². The standard InChI is InChI=1S/C12H17NO2/c1-2-3-9-15-12(14)11(13)10-7-5-4-6-8-10/h4-8,11H,2-3,9,13H2,1H3/t11-/m1/s1. The van der Waals surface area contributed by atoms with E-state index in [1.165, 1.54) is 0 Å². The highest BCUT2D eigenvalue weighted by molar-refractivity contribution is 5.77. The van der Waals surface area contributed by atoms with E-state index < -0.39 is 6.04 Å². The van der Waals surface area contributed by atoms with Crippen LogP contribution in [0.25, 0.3) is 0 Å². The first-order valence-electron chi connectivity index (χ1n) is 5.23. The number of esters is 1. The van der Waals surface area contributed by atoms with E-state index in [1.807, 2.05) is 37.3 Å². The lowest BCUT2D eigenvalue weighted by atomic mass is 10.1. The maximum absolute atomic E-state index is 11.5. The third-order valence-corrected chi connectivity index (χ3v) is 2.15. The van der Waals surface area contributed by atoms with Crippen molar-refractivity contribution in [2.75, 3.05) is 6.61 Å². The predicted octanol–water partition coefficient (Wildman–Crippen LogP) is 2.03. The largest absolute Gasteiger partial charge is 0.464 e. The third kappa shape index (κ3) is 3.72. The Morgan fingerprint density at radius 1 is 1.40 bits per heavy atom. The second kappa shape index (κ2) is 6.19. The smallest absolute Gasteiger partial charge is 0.327 e. The summed E-state index contributed by atoms with van der Waals surface area (Å²) in [7, 11) is 0. The minimum atomic E-state index is -0.664. The van der Waals surface area contributed by atoms with Crippen molar-refractivity contribution < 1.29 is 9.53 Å². The fourth-order valence-electron chi connectivity index (χ4n) is 1.20. The molecule has 0 saturated heterocycles. The average molecular weight is 207 g/mol. The van der Waals surface area contributed by atoms with E-state index in [-0.39, 0.29) is 5.97 Å². The van der Waals surface area contributed by atoms with Gasteiger partial charge in [-0.1, -0.05) is 43.7 Å². The van der Waals surface area contributed by atoms with Crippen LogP contribution in [0.5, 0.6) is 0 Å². The second-order valence-electron chi connectivity index (χ2n) is 3.41. The summed E-state index contributed by atoms with van der Waals surface area (Å²) in [5, 5.41) is 0. The van der Waals surface area contributed by atoms with Crippen LogP contribution in [0.4, 0.5) is 0 Å². The number of nitrogens with two attached hydrogens (primary N) is 1. The van der Waals surface area contributed by atoms with E-state index in [2.05, 4.69) is 0 Å². The molecule has 1 aromatic rings. The zero-order chi connectivity index (χ0) is 11.1. The molecule has 0 spiro atoms. The first kappa shape index (κ1) is 11.7. The van der Waals surface area contributed by atoms with Gasteiger partial charge >= 0.3 is 5.97 Å². The fourth-order valence-corrected chi connectivity index (χ4v) is 1.20. The van der Waals surface area contributed by atoms with Crippen LogP contribution < -0.4 is 5.73 Å². The Bertz CT molecular complexity index is 298. The van der Waals surface area contributed by atoms with Gasteiger partial charge in [-0.3, -0.25) is 0 Å². The fraction of sp³-hybridized carbons (Fsp3) is 0.417. The Morgan fingerprint density at radius 3 is 2.67 bits per heavy atom. The van der Waals surface area contributed by atoms with Crippen molar-refractivity contribution in [3.63, 3.8) is 0 Å². The Balaban J connectivity index is 2.46. The summed E-state index contributed by atoms with van der Waals surface area (Å²) in [4.78, 5) is 11.5. The molecule has 82 valence electrons. The Morgan fingerprint density at radius 2 is 2.07 bits per heavy atom. The van der Waals surface area contributed by atoms with Crippen molar-refractivity contribution in [2.45, 2.75) is 25.8 Å². The molecule has 1 atom stereocenters. The summed E-state index contributed by atoms with van der Waals surface area (Å²) in [5.41, 5.74) is 6.54. The van der Waals surface area contributed by atoms with Gasteiger partial charge in [0.05, 0.1) is 6.61 Å². The predicted molar refractivity (Wildman–Crippen MR) is 59.2 cm³/mol. The average Bonchev–Trinajstić information content (AvgIpc) is 2.29. The lowest BCUT2D eigenvalue weighted by Gasteiger charge is -2.11. The lowest BCUT2D eigenvalue weighted by Crippen LogP contribution is -2.24. The van der Waals surface area contributed by atoms with Gasteiger partial charge in [-0.2, -0.15) is 0 Å². The molecule has 0 radical (unpaired) electrons. The van der Waals surface area contributed by atoms with Gasteiger partial charge in [-0.05, 0) is 12.0 Å². The van der Waals surface area contributed by atoms with Crippen LogP contribution in [0.15, 0.2) is 30.3 Å². The van der Waals surface area contributed by atoms with Crippen molar-refractivity contribution in [1.29, 1.82) is 0 Å². The summed E-state index contributed by atoms with van der Waals surface area (Å²) in [5.74, 6) is -0.352. The zero-order valence-electron chi connectivity index (χ0n) is 8.98. The van der Waals surface area contributed by atoms with Gasteiger partial charge in [0.15, 0.2) is 0 Å². The number of rotatable bonds is 5. The Hall–Kier alpha value is -1.35. The van der Waals surface area contributed by atoms with Crippen LogP contribution in [-0.2, 0) is 9.53 Å². The van der Waals surface area contributed by atoms with E-state index in [0.717, 1.165) is 18.4 Å². The molecular formula is C12H17NO2. The molecule has 0 amide bonds. The molecule has 1 aromatic carbocycles. The van der Waals surface area contributed by atoms with Gasteiger partial charge in [-0.25, -0.2) is 4.79 Å². The first-order chi connectivity index (χ1) is 7.25. The van der Waals surface area contributed by atoms with Crippen molar-refractivity contribution in [2.24, 2.45) is 5.73 Å². The lowest BCUT2D eigenvalue weighted by molar-refractivity contribution is -0.145. The second-order valence-corrected chi connectivity index (χ2v) is 3.41. The highest BCUT2D eigenvalue weighted by atomic mass is 16.5. The molecule has 0 aliphatic rings. The molecule has 0 aromatic heterocycles. The number of hydrogen-bond donors (Lipinski definition) is 1. The molecule has 1 rings (SSSR count). The summed E-state index contributed by atoms with van der Waals surface area (Å²) in [6.07, 6.45) is 1.89. The van der Waals surface area contributed by atoms with E-state index in [1.54, 1.807) is 0 Å². The van der Waals surface area contributed by atoms with Crippen molar-refractivity contribution in [1.82, 2.24) is 0 Å². The van der Waals surface area contributed by atoms with Gasteiger partial charge in [-0.15, -0.1) is 0 Å². The summed E-state index contributed by atoms with van der Waals surface area (Å²) >= 11 is 0. The number of ether oxygens (including phenoxy) is 1. The molecule has 3 heteroatoms. The van der Waals surface area contributed by atoms with Gasteiger partial charge < -0.3 is 10.5 Å². The Labute approximate surface area is 90.2 Å². The van der Waals surface area contributed by atoms with Gasteiger partial charge in [0.2, 0.25) is 0 Å². The molecular weight excluding hydrogens is 190 g/mol. The van der Waals surface area contributed by atoms with Gasteiger partial charge in [0, 0.05) is 0 Å². The number of benzene rings is 1. The monoisotopic (exact) mass is 207 g/mol. The molecule has 0 fully saturated rings. The quantitative estimate of drug-likeness (QED) is 0.593. The Kier molecular flexibility index (Phi) is 4.84. The van der Waals surface area contributed by atoms with Gasteiger partial charge in [0.25, 0.3) is 0 Å². The number of unbranched alkanes of at least 4 members (excludes halogenated alkanes) is 1. The number of carbonyl (C=O) groups is 1. The van der Waals surface area contributed by atoms with Crippen LogP contribution in [0.3, 0.4) is 0 Å². The molecule has 0 saturated carbocycles. The molecule has 0 aliphatic heterocycles. The molecule has 3 nitrogen and oxygen atoms in total. The van der Waals surface area contributed by atoms with E-state index in [4.69, 9.17) is 10.5 Å². The van der Waals surface area contributed by atoms with Crippen molar-refractivity contribution in [3.8, 4) is 0 Å². The van der Waals surface area contributed by atoms with Gasteiger partial charge in [0.1, 0.15) is 6.04 Å². The third-order valence-electron chi connectivity index (χ3n) is 2.15. The van der Waals surface area contributed by atoms with Crippen LogP contribution in [0, 0.1) is 0 Å². The summed E-state index contributed by atoms with van der Waals surface area (Å²) < 4.78 is 5.03. The molecule has 0 heterocycles. The summed E-state index contributed by atoms with van der Waals surface area (Å²) in [6.45, 7) is 2.50. The topological polar surface area (TPSA) is 52.3 Å². The van der Waals surface area contributed by atoms with Crippen molar-refractivity contribution in [3.05, 3.63) is 35.9 Å². The maximum Gasteiger partial charge on any atom is 0.327 e. The molecule has 2 N–H and O–H groups in total. The number of hydrogen-bond acceptors (Lipinski definition) is 3. The highest BCUT2D eigenvalue weighted by Crippen LogP contribution is 2.11. The van der Waals surface area contributed by atoms with Crippen molar-refractivity contribution >= 4 is 5.97 Å². The molecule has 15 heavy (non-hydrogen) atoms. The van der Waals surface area contributed by atoms with E-state index in [0.29, 0.717) is 6.61 Å². The summed E-state index contributed by atoms with van der Waals surface area (Å²) in [6, 6.07) is 8.59. The highest BCUT2D eigenvalue weighted by Gasteiger charge is 2.16. The van der Waals surface area contributed by atoms with Crippen LogP contribution in [0.1, 0.15) is 31.4 Å².